The van der Waals surface area contributed by atoms with Gasteiger partial charge in [0.25, 0.3) is 0 Å². The van der Waals surface area contributed by atoms with E-state index in [9.17, 15) is 0 Å². The van der Waals surface area contributed by atoms with Gasteiger partial charge in [0.1, 0.15) is 10.7 Å². The molecule has 1 N–H and O–H groups in total. The van der Waals surface area contributed by atoms with Gasteiger partial charge in [-0.1, -0.05) is 12.2 Å². The zero-order chi connectivity index (χ0) is 11.0. The van der Waals surface area contributed by atoms with E-state index >= 15 is 0 Å². The molecule has 0 saturated carbocycles. The molecule has 0 bridgehead atoms. The lowest BCUT2D eigenvalue weighted by molar-refractivity contribution is 0.311. The van der Waals surface area contributed by atoms with Crippen molar-refractivity contribution < 1.29 is 0 Å². The molecule has 0 unspecified atom stereocenters. The van der Waals surface area contributed by atoms with Gasteiger partial charge in [-0.05, 0) is 26.0 Å². The summed E-state index contributed by atoms with van der Waals surface area (Å²) >= 11 is 5.30. The van der Waals surface area contributed by atoms with Crippen LogP contribution in [0.3, 0.4) is 0 Å². The number of nitrogens with zero attached hydrogens (tertiary/aromatic N) is 2. The van der Waals surface area contributed by atoms with Crippen LogP contribution in [-0.4, -0.2) is 23.5 Å². The summed E-state index contributed by atoms with van der Waals surface area (Å²) < 4.78 is 0.785. The van der Waals surface area contributed by atoms with Gasteiger partial charge >= 0.3 is 0 Å². The average molecular weight is 219 g/mol. The first-order valence-electron chi connectivity index (χ1n) is 4.96. The number of likely N-dealkylation sites (N-methyl/N-ethyl adjacent to an activating group) is 1. The van der Waals surface area contributed by atoms with E-state index in [4.69, 9.17) is 17.5 Å². The van der Waals surface area contributed by atoms with Crippen molar-refractivity contribution in [3.63, 3.8) is 0 Å². The molecule has 0 atom stereocenters. The summed E-state index contributed by atoms with van der Waals surface area (Å²) in [6.45, 7) is 3.76. The summed E-state index contributed by atoms with van der Waals surface area (Å²) in [6, 6.07) is 2.27. The van der Waals surface area contributed by atoms with Gasteiger partial charge in [-0.3, -0.25) is 0 Å². The predicted molar refractivity (Wildman–Crippen MR) is 61.1 cm³/mol. The predicted octanol–water partition coefficient (Wildman–Crippen LogP) is 1.91. The van der Waals surface area contributed by atoms with Gasteiger partial charge in [0, 0.05) is 24.3 Å². The lowest BCUT2D eigenvalue weighted by Crippen LogP contribution is -2.28. The maximum atomic E-state index is 9.11. The fraction of sp³-hybridized carbons (Fsp3) is 0.455. The van der Waals surface area contributed by atoms with Gasteiger partial charge in [-0.2, -0.15) is 5.26 Å². The summed E-state index contributed by atoms with van der Waals surface area (Å²) in [4.78, 5) is 5.33. The van der Waals surface area contributed by atoms with Crippen molar-refractivity contribution in [3.8, 4) is 6.07 Å². The molecule has 1 aliphatic heterocycles. The molecule has 15 heavy (non-hydrogen) atoms. The van der Waals surface area contributed by atoms with E-state index in [0.29, 0.717) is 0 Å². The molecule has 3 nitrogen and oxygen atoms in total. The number of H-pyrrole nitrogens is 1. The number of rotatable bonds is 0. The van der Waals surface area contributed by atoms with Crippen LogP contribution in [-0.2, 0) is 13.0 Å². The Kier molecular flexibility index (Phi) is 2.59. The number of pyridine rings is 1. The highest BCUT2D eigenvalue weighted by atomic mass is 32.1. The van der Waals surface area contributed by atoms with Crippen LogP contribution in [0.1, 0.15) is 22.4 Å². The fourth-order valence-corrected chi connectivity index (χ4v) is 2.41. The van der Waals surface area contributed by atoms with Crippen LogP contribution in [0, 0.1) is 22.9 Å². The number of aromatic nitrogens is 1. The first kappa shape index (κ1) is 10.3. The second kappa shape index (κ2) is 3.76. The minimum atomic E-state index is 0.784. The Morgan fingerprint density at radius 1 is 1.47 bits per heavy atom. The van der Waals surface area contributed by atoms with E-state index in [1.807, 2.05) is 6.92 Å². The van der Waals surface area contributed by atoms with Crippen LogP contribution in [0.4, 0.5) is 0 Å². The molecule has 1 aliphatic rings. The van der Waals surface area contributed by atoms with Crippen LogP contribution >= 0.6 is 12.2 Å². The molecule has 4 heteroatoms. The zero-order valence-corrected chi connectivity index (χ0v) is 9.74. The zero-order valence-electron chi connectivity index (χ0n) is 8.92. The van der Waals surface area contributed by atoms with Crippen molar-refractivity contribution in [3.05, 3.63) is 27.0 Å². The Bertz CT molecular complexity index is 496. The SMILES string of the molecule is Cc1[nH]c(=S)c2c(c1C#N)CCN(C)C2. The van der Waals surface area contributed by atoms with Crippen molar-refractivity contribution in [1.29, 1.82) is 5.26 Å². The van der Waals surface area contributed by atoms with Crippen molar-refractivity contribution >= 4 is 12.2 Å². The van der Waals surface area contributed by atoms with Crippen LogP contribution in [0.5, 0.6) is 0 Å². The third kappa shape index (κ3) is 1.69. The molecule has 0 aromatic carbocycles. The van der Waals surface area contributed by atoms with Crippen molar-refractivity contribution in [2.45, 2.75) is 19.9 Å². The van der Waals surface area contributed by atoms with E-state index in [0.717, 1.165) is 46.5 Å². The maximum absolute atomic E-state index is 9.11. The Morgan fingerprint density at radius 3 is 2.87 bits per heavy atom. The number of nitrogens with one attached hydrogen (secondary N) is 1. The second-order valence-corrected chi connectivity index (χ2v) is 4.42. The summed E-state index contributed by atoms with van der Waals surface area (Å²) in [7, 11) is 2.07. The lowest BCUT2D eigenvalue weighted by Gasteiger charge is -2.26. The molecule has 0 aliphatic carbocycles. The van der Waals surface area contributed by atoms with Gasteiger partial charge in [-0.15, -0.1) is 0 Å². The molecule has 1 aromatic heterocycles. The molecule has 0 saturated heterocycles. The van der Waals surface area contributed by atoms with E-state index < -0.39 is 0 Å². The summed E-state index contributed by atoms with van der Waals surface area (Å²) in [5, 5.41) is 9.11. The normalized spacial score (nSPS) is 15.8. The fourth-order valence-electron chi connectivity index (χ4n) is 2.07. The molecule has 0 fully saturated rings. The first-order chi connectivity index (χ1) is 7.13. The minimum absolute atomic E-state index is 0.784. The number of hydrogen-bond donors (Lipinski definition) is 1. The van der Waals surface area contributed by atoms with Crippen LogP contribution in [0.25, 0.3) is 0 Å². The molecule has 0 amide bonds. The van der Waals surface area contributed by atoms with Gasteiger partial charge in [0.2, 0.25) is 0 Å². The first-order valence-corrected chi connectivity index (χ1v) is 5.37. The molecule has 78 valence electrons. The Morgan fingerprint density at radius 2 is 2.20 bits per heavy atom. The number of aryl methyl sites for hydroxylation is 1. The van der Waals surface area contributed by atoms with E-state index in [-0.39, 0.29) is 0 Å². The van der Waals surface area contributed by atoms with Gasteiger partial charge in [-0.25, -0.2) is 0 Å². The molecule has 2 heterocycles. The number of aromatic amines is 1. The monoisotopic (exact) mass is 219 g/mol. The third-order valence-electron chi connectivity index (χ3n) is 2.90. The molecule has 0 radical (unpaired) electrons. The maximum Gasteiger partial charge on any atom is 0.108 e. The highest BCUT2D eigenvalue weighted by Gasteiger charge is 2.19. The second-order valence-electron chi connectivity index (χ2n) is 4.01. The number of nitriles is 1. The van der Waals surface area contributed by atoms with Gasteiger partial charge in [0.15, 0.2) is 0 Å². The number of fused-ring (bicyclic) bond motifs is 1. The Labute approximate surface area is 94.3 Å². The van der Waals surface area contributed by atoms with Crippen molar-refractivity contribution in [2.75, 3.05) is 13.6 Å². The third-order valence-corrected chi connectivity index (χ3v) is 3.25. The number of hydrogen-bond acceptors (Lipinski definition) is 3. The standard InChI is InChI=1S/C11H13N3S/c1-7-9(5-12)8-3-4-14(2)6-10(8)11(15)13-7/h3-4,6H2,1-2H3,(H,13,15). The smallest absolute Gasteiger partial charge is 0.108 e. The Balaban J connectivity index is 2.69. The van der Waals surface area contributed by atoms with Gasteiger partial charge < -0.3 is 9.88 Å². The molecule has 1 aromatic rings. The summed E-state index contributed by atoms with van der Waals surface area (Å²) in [6.07, 6.45) is 0.924. The highest BCUT2D eigenvalue weighted by Crippen LogP contribution is 2.23. The van der Waals surface area contributed by atoms with E-state index in [1.54, 1.807) is 0 Å². The average Bonchev–Trinajstić information content (AvgIpc) is 2.19. The van der Waals surface area contributed by atoms with E-state index in [1.165, 1.54) is 0 Å². The molecular weight excluding hydrogens is 206 g/mol. The van der Waals surface area contributed by atoms with Crippen molar-refractivity contribution in [2.24, 2.45) is 0 Å². The summed E-state index contributed by atoms with van der Waals surface area (Å²) in [5.41, 5.74) is 3.95. The van der Waals surface area contributed by atoms with Crippen LogP contribution < -0.4 is 0 Å². The largest absolute Gasteiger partial charge is 0.349 e. The van der Waals surface area contributed by atoms with Gasteiger partial charge in [0.05, 0.1) is 5.56 Å². The van der Waals surface area contributed by atoms with E-state index in [2.05, 4.69) is 23.0 Å². The lowest BCUT2D eigenvalue weighted by atomic mass is 9.96. The quantitative estimate of drug-likeness (QED) is 0.678. The Hall–Kier alpha value is -1.18. The van der Waals surface area contributed by atoms with Crippen LogP contribution in [0.15, 0.2) is 0 Å². The molecule has 2 rings (SSSR count). The summed E-state index contributed by atoms with van der Waals surface area (Å²) in [5.74, 6) is 0. The molecular formula is C11H13N3S. The topological polar surface area (TPSA) is 42.8 Å². The highest BCUT2D eigenvalue weighted by molar-refractivity contribution is 7.71. The minimum Gasteiger partial charge on any atom is -0.349 e. The van der Waals surface area contributed by atoms with Crippen molar-refractivity contribution in [1.82, 2.24) is 9.88 Å². The molecule has 0 spiro atoms. The van der Waals surface area contributed by atoms with Crippen LogP contribution in [0.2, 0.25) is 0 Å².